The molecule has 4 N–H and O–H groups in total. The van der Waals surface area contributed by atoms with E-state index in [-0.39, 0.29) is 0 Å². The first-order valence-corrected chi connectivity index (χ1v) is 7.05. The summed E-state index contributed by atoms with van der Waals surface area (Å²) in [6, 6.07) is 9.57. The lowest BCUT2D eigenvalue weighted by molar-refractivity contribution is -0.0602. The molecular formula is C13H18O5S. The fraction of sp³-hybridized carbons (Fsp3) is 0.538. The fourth-order valence-electron chi connectivity index (χ4n) is 2.08. The third kappa shape index (κ3) is 2.94. The van der Waals surface area contributed by atoms with Crippen LogP contribution in [0.15, 0.2) is 30.3 Å². The summed E-state index contributed by atoms with van der Waals surface area (Å²) in [6.45, 7) is -0.828. The monoisotopic (exact) mass is 286 g/mol. The number of aliphatic hydroxyl groups excluding tert-OH is 4. The van der Waals surface area contributed by atoms with Gasteiger partial charge >= 0.3 is 0 Å². The number of hydrogen-bond acceptors (Lipinski definition) is 6. The van der Waals surface area contributed by atoms with Gasteiger partial charge in [-0.05, 0) is 5.56 Å². The number of rotatable bonds is 5. The third-order valence-electron chi connectivity index (χ3n) is 3.23. The second kappa shape index (κ2) is 6.21. The maximum Gasteiger partial charge on any atom is 0.166 e. The van der Waals surface area contributed by atoms with Crippen molar-refractivity contribution in [2.24, 2.45) is 0 Å². The van der Waals surface area contributed by atoms with Gasteiger partial charge in [-0.1, -0.05) is 30.3 Å². The van der Waals surface area contributed by atoms with Crippen molar-refractivity contribution >= 4 is 11.8 Å². The normalized spacial score (nSPS) is 34.6. The molecule has 19 heavy (non-hydrogen) atoms. The number of ether oxygens (including phenoxy) is 1. The highest BCUT2D eigenvalue weighted by atomic mass is 32.2. The molecule has 106 valence electrons. The Kier molecular flexibility index (Phi) is 4.83. The molecule has 0 spiro atoms. The number of benzene rings is 1. The van der Waals surface area contributed by atoms with E-state index >= 15 is 0 Å². The third-order valence-corrected chi connectivity index (χ3v) is 4.67. The second-order valence-electron chi connectivity index (χ2n) is 4.52. The molecule has 1 saturated heterocycles. The second-order valence-corrected chi connectivity index (χ2v) is 5.79. The molecule has 0 saturated carbocycles. The van der Waals surface area contributed by atoms with Crippen molar-refractivity contribution in [3.05, 3.63) is 35.9 Å². The molecule has 1 heterocycles. The van der Waals surface area contributed by atoms with Crippen molar-refractivity contribution in [2.75, 3.05) is 13.2 Å². The van der Waals surface area contributed by atoms with Crippen molar-refractivity contribution < 1.29 is 25.2 Å². The topological polar surface area (TPSA) is 90.2 Å². The molecule has 0 aromatic heterocycles. The highest BCUT2D eigenvalue weighted by molar-refractivity contribution is 7.99. The molecule has 0 radical (unpaired) electrons. The molecule has 0 unspecified atom stereocenters. The Morgan fingerprint density at radius 3 is 2.37 bits per heavy atom. The number of aliphatic hydroxyl groups is 4. The van der Waals surface area contributed by atoms with Crippen LogP contribution in [0.2, 0.25) is 0 Å². The van der Waals surface area contributed by atoms with Crippen molar-refractivity contribution in [2.45, 2.75) is 29.0 Å². The van der Waals surface area contributed by atoms with Crippen LogP contribution in [0.3, 0.4) is 0 Å². The minimum atomic E-state index is -1.29. The van der Waals surface area contributed by atoms with Crippen molar-refractivity contribution in [3.8, 4) is 0 Å². The Morgan fingerprint density at radius 1 is 1.16 bits per heavy atom. The number of hydrogen-bond donors (Lipinski definition) is 4. The maximum atomic E-state index is 10.0. The van der Waals surface area contributed by atoms with Crippen LogP contribution in [0, 0.1) is 0 Å². The van der Waals surface area contributed by atoms with Crippen LogP contribution in [0.25, 0.3) is 0 Å². The molecule has 4 atom stereocenters. The Hall–Kier alpha value is -0.630. The van der Waals surface area contributed by atoms with Gasteiger partial charge in [0.25, 0.3) is 0 Å². The van der Waals surface area contributed by atoms with Crippen LogP contribution in [0.1, 0.15) is 5.56 Å². The van der Waals surface area contributed by atoms with Crippen molar-refractivity contribution in [3.63, 3.8) is 0 Å². The predicted octanol–water partition coefficient (Wildman–Crippen LogP) is -0.279. The van der Waals surface area contributed by atoms with E-state index in [4.69, 9.17) is 9.84 Å². The van der Waals surface area contributed by atoms with Gasteiger partial charge in [-0.15, -0.1) is 11.8 Å². The lowest BCUT2D eigenvalue weighted by Crippen LogP contribution is -2.43. The van der Waals surface area contributed by atoms with Crippen LogP contribution in [-0.4, -0.2) is 56.9 Å². The van der Waals surface area contributed by atoms with Gasteiger partial charge in [-0.25, -0.2) is 0 Å². The first-order valence-electron chi connectivity index (χ1n) is 6.06. The van der Waals surface area contributed by atoms with Gasteiger partial charge in [0.1, 0.15) is 18.3 Å². The molecular weight excluding hydrogens is 268 g/mol. The zero-order valence-electron chi connectivity index (χ0n) is 10.3. The fourth-order valence-corrected chi connectivity index (χ4v) is 3.28. The molecule has 2 rings (SSSR count). The van der Waals surface area contributed by atoms with Crippen molar-refractivity contribution in [1.29, 1.82) is 0 Å². The van der Waals surface area contributed by atoms with Crippen molar-refractivity contribution in [1.82, 2.24) is 0 Å². The SMILES string of the molecule is OC[C@H]1O[C@](CO)(SCc2ccccc2)[C@@H](O)[C@@H]1O. The summed E-state index contributed by atoms with van der Waals surface area (Å²) in [5, 5.41) is 38.4. The van der Waals surface area contributed by atoms with Gasteiger partial charge in [0, 0.05) is 5.75 Å². The highest BCUT2D eigenvalue weighted by Gasteiger charge is 2.54. The van der Waals surface area contributed by atoms with Gasteiger partial charge in [-0.3, -0.25) is 0 Å². The van der Waals surface area contributed by atoms with Crippen LogP contribution >= 0.6 is 11.8 Å². The minimum Gasteiger partial charge on any atom is -0.394 e. The highest BCUT2D eigenvalue weighted by Crippen LogP contribution is 2.41. The smallest absolute Gasteiger partial charge is 0.166 e. The molecule has 1 aromatic carbocycles. The van der Waals surface area contributed by atoms with Crippen LogP contribution in [0.4, 0.5) is 0 Å². The van der Waals surface area contributed by atoms with E-state index in [1.54, 1.807) is 0 Å². The average Bonchev–Trinajstić information content (AvgIpc) is 2.71. The summed E-state index contributed by atoms with van der Waals surface area (Å²) in [6.07, 6.45) is -3.30. The van der Waals surface area contributed by atoms with Gasteiger partial charge in [0.15, 0.2) is 4.93 Å². The molecule has 1 aromatic rings. The average molecular weight is 286 g/mol. The first-order chi connectivity index (χ1) is 9.13. The molecule has 1 aliphatic rings. The van der Waals surface area contributed by atoms with E-state index in [2.05, 4.69) is 0 Å². The lowest BCUT2D eigenvalue weighted by atomic mass is 10.1. The quantitative estimate of drug-likeness (QED) is 0.595. The molecule has 1 aliphatic heterocycles. The number of thioether (sulfide) groups is 1. The van der Waals surface area contributed by atoms with E-state index < -0.39 is 36.5 Å². The summed E-state index contributed by atoms with van der Waals surface area (Å²) in [5.41, 5.74) is 1.03. The molecule has 0 amide bonds. The van der Waals surface area contributed by atoms with E-state index in [0.29, 0.717) is 5.75 Å². The van der Waals surface area contributed by atoms with Gasteiger partial charge in [0.05, 0.1) is 13.2 Å². The van der Waals surface area contributed by atoms with E-state index in [1.165, 1.54) is 11.8 Å². The van der Waals surface area contributed by atoms with E-state index in [1.807, 2.05) is 30.3 Å². The minimum absolute atomic E-state index is 0.397. The van der Waals surface area contributed by atoms with Crippen LogP contribution in [0.5, 0.6) is 0 Å². The Labute approximate surface area is 115 Å². The maximum absolute atomic E-state index is 10.0. The molecule has 5 nitrogen and oxygen atoms in total. The molecule has 0 bridgehead atoms. The van der Waals surface area contributed by atoms with E-state index in [9.17, 15) is 15.3 Å². The zero-order chi connectivity index (χ0) is 13.9. The van der Waals surface area contributed by atoms with Crippen LogP contribution in [-0.2, 0) is 10.5 Å². The van der Waals surface area contributed by atoms with E-state index in [0.717, 1.165) is 5.56 Å². The molecule has 1 fully saturated rings. The zero-order valence-corrected chi connectivity index (χ0v) is 11.2. The summed E-state index contributed by atoms with van der Waals surface area (Å²) < 4.78 is 5.46. The van der Waals surface area contributed by atoms with Gasteiger partial charge < -0.3 is 25.2 Å². The summed E-state index contributed by atoms with van der Waals surface area (Å²) >= 11 is 1.22. The predicted molar refractivity (Wildman–Crippen MR) is 71.5 cm³/mol. The first kappa shape index (κ1) is 14.8. The largest absolute Gasteiger partial charge is 0.394 e. The standard InChI is InChI=1S/C13H18O5S/c14-6-10-11(16)12(17)13(8-15,18-10)19-7-9-4-2-1-3-5-9/h1-5,10-12,14-17H,6-8H2/t10-,11-,12+,13-/m1/s1. The molecule has 6 heteroatoms. The summed E-state index contributed by atoms with van der Waals surface area (Å²) in [4.78, 5) is -1.29. The Balaban J connectivity index is 2.07. The Morgan fingerprint density at radius 2 is 1.84 bits per heavy atom. The summed E-state index contributed by atoms with van der Waals surface area (Å²) in [5.74, 6) is 0.531. The van der Waals surface area contributed by atoms with Crippen LogP contribution < -0.4 is 0 Å². The Bertz CT molecular complexity index is 401. The lowest BCUT2D eigenvalue weighted by Gasteiger charge is -2.29. The molecule has 0 aliphatic carbocycles. The van der Waals surface area contributed by atoms with Gasteiger partial charge in [-0.2, -0.15) is 0 Å². The summed E-state index contributed by atoms with van der Waals surface area (Å²) in [7, 11) is 0. The van der Waals surface area contributed by atoms with Gasteiger partial charge in [0.2, 0.25) is 0 Å².